The van der Waals surface area contributed by atoms with Gasteiger partial charge in [-0.05, 0) is 49.3 Å². The SMILES string of the molecule is OCC1CCN(c2ccc(-c3nc(CCCc4ccccc4)no3)cn2)CC1. The molecule has 0 saturated carbocycles. The number of hydrogen-bond acceptors (Lipinski definition) is 6. The van der Waals surface area contributed by atoms with E-state index < -0.39 is 0 Å². The Morgan fingerprint density at radius 3 is 2.57 bits per heavy atom. The molecule has 6 nitrogen and oxygen atoms in total. The standard InChI is InChI=1S/C22H26N4O2/c27-16-18-11-13-26(14-12-18)21-10-9-19(15-23-21)22-24-20(25-28-22)8-4-7-17-5-2-1-3-6-17/h1-3,5-6,9-10,15,18,27H,4,7-8,11-14,16H2. The van der Waals surface area contributed by atoms with Gasteiger partial charge in [0.05, 0.1) is 5.56 Å². The average molecular weight is 378 g/mol. The number of anilines is 1. The maximum Gasteiger partial charge on any atom is 0.259 e. The summed E-state index contributed by atoms with van der Waals surface area (Å²) in [5, 5.41) is 13.4. The van der Waals surface area contributed by atoms with E-state index in [9.17, 15) is 5.11 Å². The average Bonchev–Trinajstić information content (AvgIpc) is 3.24. The van der Waals surface area contributed by atoms with Gasteiger partial charge in [0.15, 0.2) is 5.82 Å². The van der Waals surface area contributed by atoms with Gasteiger partial charge in [0.1, 0.15) is 5.82 Å². The number of aliphatic hydroxyl groups excluding tert-OH is 1. The summed E-state index contributed by atoms with van der Waals surface area (Å²) in [6.07, 6.45) is 6.61. The first kappa shape index (κ1) is 18.6. The Hall–Kier alpha value is -2.73. The van der Waals surface area contributed by atoms with E-state index in [1.54, 1.807) is 6.20 Å². The Morgan fingerprint density at radius 1 is 1.04 bits per heavy atom. The van der Waals surface area contributed by atoms with E-state index in [0.717, 1.165) is 62.4 Å². The quantitative estimate of drug-likeness (QED) is 0.678. The van der Waals surface area contributed by atoms with Crippen LogP contribution in [0.15, 0.2) is 53.2 Å². The molecule has 0 radical (unpaired) electrons. The molecule has 3 heterocycles. The Morgan fingerprint density at radius 2 is 1.86 bits per heavy atom. The van der Waals surface area contributed by atoms with Gasteiger partial charge in [0.2, 0.25) is 0 Å². The molecule has 1 aromatic carbocycles. The number of pyridine rings is 1. The van der Waals surface area contributed by atoms with Crippen molar-refractivity contribution in [3.05, 3.63) is 60.0 Å². The van der Waals surface area contributed by atoms with Crippen LogP contribution in [0.4, 0.5) is 5.82 Å². The van der Waals surface area contributed by atoms with Crippen LogP contribution in [-0.2, 0) is 12.8 Å². The van der Waals surface area contributed by atoms with Crippen molar-refractivity contribution in [3.63, 3.8) is 0 Å². The topological polar surface area (TPSA) is 75.3 Å². The van der Waals surface area contributed by atoms with Crippen LogP contribution in [0.3, 0.4) is 0 Å². The highest BCUT2D eigenvalue weighted by Crippen LogP contribution is 2.24. The third kappa shape index (κ3) is 4.57. The molecule has 0 bridgehead atoms. The fourth-order valence-electron chi connectivity index (χ4n) is 3.61. The van der Waals surface area contributed by atoms with Crippen LogP contribution in [0.2, 0.25) is 0 Å². The molecule has 0 aliphatic carbocycles. The van der Waals surface area contributed by atoms with Crippen molar-refractivity contribution < 1.29 is 9.63 Å². The van der Waals surface area contributed by atoms with Gasteiger partial charge >= 0.3 is 0 Å². The Kier molecular flexibility index (Phi) is 5.97. The zero-order valence-electron chi connectivity index (χ0n) is 16.0. The molecule has 1 fully saturated rings. The van der Waals surface area contributed by atoms with Crippen molar-refractivity contribution in [2.75, 3.05) is 24.6 Å². The highest BCUT2D eigenvalue weighted by Gasteiger charge is 2.19. The summed E-state index contributed by atoms with van der Waals surface area (Å²) in [4.78, 5) is 11.4. The molecule has 146 valence electrons. The van der Waals surface area contributed by atoms with E-state index in [1.807, 2.05) is 18.2 Å². The molecule has 0 atom stereocenters. The lowest BCUT2D eigenvalue weighted by Crippen LogP contribution is -2.35. The first-order valence-corrected chi connectivity index (χ1v) is 10.0. The summed E-state index contributed by atoms with van der Waals surface area (Å²) >= 11 is 0. The number of aliphatic hydroxyl groups is 1. The molecule has 1 aliphatic rings. The molecular weight excluding hydrogens is 352 g/mol. The smallest absolute Gasteiger partial charge is 0.259 e. The second-order valence-electron chi connectivity index (χ2n) is 7.37. The molecule has 0 amide bonds. The summed E-state index contributed by atoms with van der Waals surface area (Å²) in [6.45, 7) is 2.15. The zero-order chi connectivity index (χ0) is 19.2. The highest BCUT2D eigenvalue weighted by atomic mass is 16.5. The number of nitrogens with zero attached hydrogens (tertiary/aromatic N) is 4. The lowest BCUT2D eigenvalue weighted by molar-refractivity contribution is 0.203. The van der Waals surface area contributed by atoms with Gasteiger partial charge in [-0.15, -0.1) is 0 Å². The van der Waals surface area contributed by atoms with E-state index >= 15 is 0 Å². The lowest BCUT2D eigenvalue weighted by atomic mass is 9.98. The summed E-state index contributed by atoms with van der Waals surface area (Å²) in [5.74, 6) is 2.64. The van der Waals surface area contributed by atoms with E-state index in [1.165, 1.54) is 5.56 Å². The molecule has 6 heteroatoms. The number of rotatable bonds is 7. The van der Waals surface area contributed by atoms with Crippen LogP contribution < -0.4 is 4.90 Å². The molecular formula is C22H26N4O2. The minimum atomic E-state index is 0.283. The number of benzene rings is 1. The van der Waals surface area contributed by atoms with Crippen LogP contribution in [0.5, 0.6) is 0 Å². The second kappa shape index (κ2) is 8.97. The van der Waals surface area contributed by atoms with Gasteiger partial charge in [-0.25, -0.2) is 4.98 Å². The number of aryl methyl sites for hydroxylation is 2. The van der Waals surface area contributed by atoms with E-state index in [2.05, 4.69) is 44.3 Å². The Labute approximate surface area is 165 Å². The van der Waals surface area contributed by atoms with Crippen molar-refractivity contribution in [2.24, 2.45) is 5.92 Å². The van der Waals surface area contributed by atoms with Crippen molar-refractivity contribution in [1.82, 2.24) is 15.1 Å². The van der Waals surface area contributed by atoms with Crippen molar-refractivity contribution in [3.8, 4) is 11.5 Å². The minimum absolute atomic E-state index is 0.283. The molecule has 28 heavy (non-hydrogen) atoms. The zero-order valence-corrected chi connectivity index (χ0v) is 16.0. The molecule has 3 aromatic rings. The highest BCUT2D eigenvalue weighted by molar-refractivity contribution is 5.54. The molecule has 2 aromatic heterocycles. The van der Waals surface area contributed by atoms with Crippen LogP contribution in [0.25, 0.3) is 11.5 Å². The van der Waals surface area contributed by atoms with E-state index in [4.69, 9.17) is 4.52 Å². The van der Waals surface area contributed by atoms with Crippen molar-refractivity contribution >= 4 is 5.82 Å². The molecule has 0 unspecified atom stereocenters. The largest absolute Gasteiger partial charge is 0.396 e. The number of piperidine rings is 1. The Bertz CT molecular complexity index is 856. The first-order valence-electron chi connectivity index (χ1n) is 10.0. The summed E-state index contributed by atoms with van der Waals surface area (Å²) < 4.78 is 5.42. The predicted octanol–water partition coefficient (Wildman–Crippen LogP) is 3.52. The van der Waals surface area contributed by atoms with Crippen molar-refractivity contribution in [1.29, 1.82) is 0 Å². The Balaban J connectivity index is 1.32. The van der Waals surface area contributed by atoms with Gasteiger partial charge in [-0.1, -0.05) is 35.5 Å². The predicted molar refractivity (Wildman–Crippen MR) is 108 cm³/mol. The van der Waals surface area contributed by atoms with Crippen LogP contribution in [-0.4, -0.2) is 39.9 Å². The molecule has 0 spiro atoms. The molecule has 1 N–H and O–H groups in total. The molecule has 4 rings (SSSR count). The fraction of sp³-hybridized carbons (Fsp3) is 0.409. The van der Waals surface area contributed by atoms with Gasteiger partial charge < -0.3 is 14.5 Å². The van der Waals surface area contributed by atoms with Gasteiger partial charge in [0.25, 0.3) is 5.89 Å². The van der Waals surface area contributed by atoms with Crippen LogP contribution in [0.1, 0.15) is 30.7 Å². The fourth-order valence-corrected chi connectivity index (χ4v) is 3.61. The summed E-state index contributed by atoms with van der Waals surface area (Å²) in [6, 6.07) is 14.4. The minimum Gasteiger partial charge on any atom is -0.396 e. The third-order valence-corrected chi connectivity index (χ3v) is 5.37. The number of hydrogen-bond donors (Lipinski definition) is 1. The van der Waals surface area contributed by atoms with E-state index in [0.29, 0.717) is 11.8 Å². The van der Waals surface area contributed by atoms with Gasteiger partial charge in [0, 0.05) is 32.3 Å². The number of aromatic nitrogens is 3. The monoisotopic (exact) mass is 378 g/mol. The van der Waals surface area contributed by atoms with Crippen molar-refractivity contribution in [2.45, 2.75) is 32.1 Å². The van der Waals surface area contributed by atoms with E-state index in [-0.39, 0.29) is 6.61 Å². The van der Waals surface area contributed by atoms with Gasteiger partial charge in [-0.3, -0.25) is 0 Å². The summed E-state index contributed by atoms with van der Waals surface area (Å²) in [7, 11) is 0. The maximum atomic E-state index is 9.27. The molecule has 1 saturated heterocycles. The maximum absolute atomic E-state index is 9.27. The second-order valence-corrected chi connectivity index (χ2v) is 7.37. The summed E-state index contributed by atoms with van der Waals surface area (Å²) in [5.41, 5.74) is 2.17. The van der Waals surface area contributed by atoms with Crippen LogP contribution in [0, 0.1) is 5.92 Å². The molecule has 1 aliphatic heterocycles. The first-order chi connectivity index (χ1) is 13.8. The normalized spacial score (nSPS) is 15.1. The van der Waals surface area contributed by atoms with Crippen LogP contribution >= 0.6 is 0 Å². The van der Waals surface area contributed by atoms with Gasteiger partial charge in [-0.2, -0.15) is 4.98 Å². The third-order valence-electron chi connectivity index (χ3n) is 5.37. The lowest BCUT2D eigenvalue weighted by Gasteiger charge is -2.31.